The van der Waals surface area contributed by atoms with Crippen LogP contribution in [-0.4, -0.2) is 63.4 Å². The van der Waals surface area contributed by atoms with Gasteiger partial charge in [0.1, 0.15) is 17.2 Å². The molecule has 1 aliphatic heterocycles. The summed E-state index contributed by atoms with van der Waals surface area (Å²) in [5.74, 6) is 0.780. The van der Waals surface area contributed by atoms with Crippen molar-refractivity contribution in [1.82, 2.24) is 24.4 Å². The van der Waals surface area contributed by atoms with E-state index in [-0.39, 0.29) is 11.6 Å². The molecule has 3 N–H and O–H groups in total. The van der Waals surface area contributed by atoms with E-state index in [1.54, 1.807) is 15.5 Å². The number of H-pyrrole nitrogens is 1. The van der Waals surface area contributed by atoms with Crippen LogP contribution in [0.2, 0.25) is 0 Å². The first-order valence-electron chi connectivity index (χ1n) is 11.8. The molecule has 184 valence electrons. The van der Waals surface area contributed by atoms with Crippen molar-refractivity contribution in [2.75, 3.05) is 27.2 Å². The first-order chi connectivity index (χ1) is 17.4. The number of hydrogen-bond donors (Lipinski definition) is 2. The molecule has 0 atom stereocenters. The molecule has 0 fully saturated rings. The lowest BCUT2D eigenvalue weighted by Crippen LogP contribution is -2.34. The number of amides is 2. The normalized spacial score (nSPS) is 13.5. The fraction of sp³-hybridized carbons (Fsp3) is 0.222. The Balaban J connectivity index is 1.44. The summed E-state index contributed by atoms with van der Waals surface area (Å²) in [4.78, 5) is 33.8. The zero-order chi connectivity index (χ0) is 25.2. The molecular weight excluding hydrogens is 456 g/mol. The summed E-state index contributed by atoms with van der Waals surface area (Å²) in [5, 5.41) is 3.28. The molecule has 5 rings (SSSR count). The molecule has 9 nitrogen and oxygen atoms in total. The number of likely N-dealkylation sites (N-methyl/N-ethyl adjacent to an activating group) is 1. The first-order valence-corrected chi connectivity index (χ1v) is 11.8. The molecule has 0 bridgehead atoms. The summed E-state index contributed by atoms with van der Waals surface area (Å²) in [6.07, 6.45) is 4.11. The minimum absolute atomic E-state index is 0.0437. The van der Waals surface area contributed by atoms with E-state index in [0.29, 0.717) is 43.1 Å². The lowest BCUT2D eigenvalue weighted by molar-refractivity contribution is -0.126. The SMILES string of the molecule is CN(C)C/C=C/C(=O)N1CCc2[nH]n3c(C(N)=O)c(-c4ccc(Oc5ccccc5)cc4)nc3c2C1. The third kappa shape index (κ3) is 4.60. The average Bonchev–Trinajstić information content (AvgIpc) is 3.40. The third-order valence-electron chi connectivity index (χ3n) is 6.12. The number of para-hydroxylation sites is 1. The summed E-state index contributed by atoms with van der Waals surface area (Å²) < 4.78 is 7.52. The Morgan fingerprint density at radius 3 is 2.53 bits per heavy atom. The van der Waals surface area contributed by atoms with Crippen molar-refractivity contribution in [2.24, 2.45) is 5.73 Å². The number of ether oxygens (including phenoxy) is 1. The molecule has 2 aromatic heterocycles. The Kier molecular flexibility index (Phi) is 6.30. The highest BCUT2D eigenvalue weighted by atomic mass is 16.5. The number of primary amides is 1. The number of nitrogens with two attached hydrogens (primary N) is 1. The van der Waals surface area contributed by atoms with E-state index in [4.69, 9.17) is 15.5 Å². The van der Waals surface area contributed by atoms with Crippen LogP contribution in [0.1, 0.15) is 21.7 Å². The number of aromatic amines is 1. The number of fused-ring (bicyclic) bond motifs is 3. The van der Waals surface area contributed by atoms with Crippen molar-refractivity contribution in [3.63, 3.8) is 0 Å². The molecule has 0 spiro atoms. The van der Waals surface area contributed by atoms with Crippen LogP contribution in [0.25, 0.3) is 16.9 Å². The van der Waals surface area contributed by atoms with Crippen LogP contribution < -0.4 is 10.5 Å². The Hall–Kier alpha value is -4.37. The second kappa shape index (κ2) is 9.71. The van der Waals surface area contributed by atoms with Crippen LogP contribution in [-0.2, 0) is 17.8 Å². The predicted octanol–water partition coefficient (Wildman–Crippen LogP) is 3.22. The lowest BCUT2D eigenvalue weighted by Gasteiger charge is -2.25. The number of carbonyl (C=O) groups is 2. The van der Waals surface area contributed by atoms with Gasteiger partial charge in [0.2, 0.25) is 5.91 Å². The predicted molar refractivity (Wildman–Crippen MR) is 137 cm³/mol. The smallest absolute Gasteiger partial charge is 0.269 e. The second-order valence-electron chi connectivity index (χ2n) is 9.02. The van der Waals surface area contributed by atoms with Gasteiger partial charge in [-0.15, -0.1) is 0 Å². The van der Waals surface area contributed by atoms with Gasteiger partial charge >= 0.3 is 0 Å². The molecule has 9 heteroatoms. The molecule has 0 saturated carbocycles. The highest BCUT2D eigenvalue weighted by Gasteiger charge is 2.28. The summed E-state index contributed by atoms with van der Waals surface area (Å²) in [6, 6.07) is 16.9. The van der Waals surface area contributed by atoms with E-state index in [9.17, 15) is 9.59 Å². The largest absolute Gasteiger partial charge is 0.457 e. The van der Waals surface area contributed by atoms with Gasteiger partial charge in [0, 0.05) is 42.4 Å². The molecule has 0 radical (unpaired) electrons. The minimum Gasteiger partial charge on any atom is -0.457 e. The van der Waals surface area contributed by atoms with E-state index < -0.39 is 5.91 Å². The van der Waals surface area contributed by atoms with Gasteiger partial charge in [-0.2, -0.15) is 0 Å². The van der Waals surface area contributed by atoms with E-state index in [1.165, 1.54) is 0 Å². The molecule has 0 unspecified atom stereocenters. The Morgan fingerprint density at radius 1 is 1.11 bits per heavy atom. The lowest BCUT2D eigenvalue weighted by atomic mass is 10.1. The number of nitrogens with zero attached hydrogens (tertiary/aromatic N) is 4. The van der Waals surface area contributed by atoms with E-state index >= 15 is 0 Å². The van der Waals surface area contributed by atoms with Gasteiger partial charge in [0.25, 0.3) is 5.91 Å². The maximum Gasteiger partial charge on any atom is 0.269 e. The average molecular weight is 485 g/mol. The monoisotopic (exact) mass is 484 g/mol. The van der Waals surface area contributed by atoms with Gasteiger partial charge in [0.05, 0.1) is 6.54 Å². The highest BCUT2D eigenvalue weighted by molar-refractivity contribution is 5.98. The number of aromatic nitrogens is 3. The molecule has 0 saturated heterocycles. The van der Waals surface area contributed by atoms with Gasteiger partial charge in [-0.05, 0) is 50.5 Å². The van der Waals surface area contributed by atoms with Crippen molar-refractivity contribution >= 4 is 17.5 Å². The van der Waals surface area contributed by atoms with Crippen molar-refractivity contribution < 1.29 is 14.3 Å². The van der Waals surface area contributed by atoms with Crippen LogP contribution >= 0.6 is 0 Å². The molecule has 4 aromatic rings. The number of hydrogen-bond acceptors (Lipinski definition) is 5. The maximum absolute atomic E-state index is 12.7. The number of imidazole rings is 1. The molecule has 2 aromatic carbocycles. The van der Waals surface area contributed by atoms with Crippen LogP contribution in [0.4, 0.5) is 0 Å². The first kappa shape index (κ1) is 23.4. The van der Waals surface area contributed by atoms with Gasteiger partial charge in [-0.3, -0.25) is 14.7 Å². The molecule has 3 heterocycles. The van der Waals surface area contributed by atoms with E-state index in [2.05, 4.69) is 5.10 Å². The fourth-order valence-electron chi connectivity index (χ4n) is 4.35. The Labute approximate surface area is 208 Å². The number of carbonyl (C=O) groups excluding carboxylic acids is 2. The topological polar surface area (TPSA) is 109 Å². The zero-order valence-electron chi connectivity index (χ0n) is 20.3. The van der Waals surface area contributed by atoms with Crippen molar-refractivity contribution in [3.05, 3.63) is 83.7 Å². The molecule has 1 aliphatic rings. The molecule has 0 aliphatic carbocycles. The second-order valence-corrected chi connectivity index (χ2v) is 9.02. The van der Waals surface area contributed by atoms with Crippen molar-refractivity contribution in [1.29, 1.82) is 0 Å². The Bertz CT molecular complexity index is 1430. The van der Waals surface area contributed by atoms with Crippen LogP contribution in [0.3, 0.4) is 0 Å². The van der Waals surface area contributed by atoms with Gasteiger partial charge in [-0.1, -0.05) is 24.3 Å². The van der Waals surface area contributed by atoms with Crippen LogP contribution in [0, 0.1) is 0 Å². The standard InChI is InChI=1S/C27H28N6O3/c1-31(2)15-6-9-23(34)32-16-14-22-21(17-32)27-29-24(25(26(28)35)33(27)30-22)18-10-12-20(13-11-18)36-19-7-4-3-5-8-19/h3-13,30H,14-17H2,1-2H3,(H2,28,35)/b9-6+. The van der Waals surface area contributed by atoms with Crippen LogP contribution in [0.15, 0.2) is 66.7 Å². The minimum atomic E-state index is -0.583. The van der Waals surface area contributed by atoms with Gasteiger partial charge < -0.3 is 20.3 Å². The van der Waals surface area contributed by atoms with E-state index in [1.807, 2.05) is 79.7 Å². The van der Waals surface area contributed by atoms with E-state index in [0.717, 1.165) is 22.6 Å². The van der Waals surface area contributed by atoms with Crippen molar-refractivity contribution in [3.8, 4) is 22.8 Å². The fourth-order valence-corrected chi connectivity index (χ4v) is 4.35. The molecular formula is C27H28N6O3. The Morgan fingerprint density at radius 2 is 1.83 bits per heavy atom. The maximum atomic E-state index is 12.7. The highest BCUT2D eigenvalue weighted by Crippen LogP contribution is 2.31. The van der Waals surface area contributed by atoms with Crippen LogP contribution in [0.5, 0.6) is 11.5 Å². The quantitative estimate of drug-likeness (QED) is 0.392. The molecule has 2 amide bonds. The summed E-state index contributed by atoms with van der Waals surface area (Å²) in [5.41, 5.74) is 9.75. The van der Waals surface area contributed by atoms with Gasteiger partial charge in [0.15, 0.2) is 11.3 Å². The third-order valence-corrected chi connectivity index (χ3v) is 6.12. The zero-order valence-corrected chi connectivity index (χ0v) is 20.3. The summed E-state index contributed by atoms with van der Waals surface area (Å²) in [6.45, 7) is 1.69. The number of benzene rings is 2. The molecule has 36 heavy (non-hydrogen) atoms. The van der Waals surface area contributed by atoms with Crippen molar-refractivity contribution in [2.45, 2.75) is 13.0 Å². The summed E-state index contributed by atoms with van der Waals surface area (Å²) >= 11 is 0. The summed E-state index contributed by atoms with van der Waals surface area (Å²) in [7, 11) is 3.91. The van der Waals surface area contributed by atoms with Gasteiger partial charge in [-0.25, -0.2) is 9.50 Å². The number of rotatable bonds is 7. The number of nitrogens with one attached hydrogen (secondary N) is 1.